The molecule has 11 N–H and O–H groups in total. The van der Waals surface area contributed by atoms with E-state index >= 15 is 0 Å². The molecule has 1 aliphatic heterocycles. The molecule has 0 aromatic carbocycles. The highest BCUT2D eigenvalue weighted by Crippen LogP contribution is 2.12. The summed E-state index contributed by atoms with van der Waals surface area (Å²) in [5.74, 6) is -11.1. The normalized spacial score (nSPS) is 17.4. The zero-order valence-electron chi connectivity index (χ0n) is 31.2. The van der Waals surface area contributed by atoms with E-state index in [1.807, 2.05) is 0 Å². The van der Waals surface area contributed by atoms with Crippen molar-refractivity contribution < 1.29 is 68.4 Å². The van der Waals surface area contributed by atoms with Crippen LogP contribution in [0.15, 0.2) is 0 Å². The van der Waals surface area contributed by atoms with Crippen LogP contribution in [0.25, 0.3) is 0 Å². The molecule has 0 aromatic rings. The van der Waals surface area contributed by atoms with Gasteiger partial charge in [-0.1, -0.05) is 20.3 Å². The maximum Gasteiger partial charge on any atom is 0.326 e. The van der Waals surface area contributed by atoms with Crippen LogP contribution in [0, 0.1) is 5.92 Å². The highest BCUT2D eigenvalue weighted by atomic mass is 32.2. The highest BCUT2D eigenvalue weighted by Gasteiger charge is 2.35. The molecular weight excluding hydrogens is 750 g/mol. The first-order chi connectivity index (χ1) is 25.8. The van der Waals surface area contributed by atoms with Gasteiger partial charge in [-0.2, -0.15) is 11.8 Å². The first kappa shape index (κ1) is 48.0. The van der Waals surface area contributed by atoms with Gasteiger partial charge in [0.2, 0.25) is 35.4 Å². The molecule has 0 aromatic heterocycles. The molecule has 310 valence electrons. The summed E-state index contributed by atoms with van der Waals surface area (Å²) < 4.78 is 0. The number of amides is 6. The van der Waals surface area contributed by atoms with Crippen LogP contribution < -0.4 is 37.2 Å². The maximum atomic E-state index is 13.4. The van der Waals surface area contributed by atoms with E-state index in [0.29, 0.717) is 31.6 Å². The minimum atomic E-state index is -1.60. The Labute approximate surface area is 321 Å². The summed E-state index contributed by atoms with van der Waals surface area (Å²) in [6, 6.07) is -9.35. The lowest BCUT2D eigenvalue weighted by Crippen LogP contribution is -2.60. The van der Waals surface area contributed by atoms with Crippen LogP contribution in [0.5, 0.6) is 0 Å². The van der Waals surface area contributed by atoms with Crippen LogP contribution in [-0.2, 0) is 47.9 Å². The fourth-order valence-electron chi connectivity index (χ4n) is 5.30. The lowest BCUT2D eigenvalue weighted by Gasteiger charge is -2.28. The number of nitrogens with one attached hydrogen (secondary N) is 7. The minimum Gasteiger partial charge on any atom is -0.481 e. The first-order valence-electron chi connectivity index (χ1n) is 17.7. The number of rotatable bonds is 26. The number of carbonyl (C=O) groups excluding carboxylic acids is 6. The minimum absolute atomic E-state index is 0.0345. The molecule has 1 saturated heterocycles. The smallest absolute Gasteiger partial charge is 0.326 e. The summed E-state index contributed by atoms with van der Waals surface area (Å²) in [7, 11) is 0. The molecule has 0 radical (unpaired) electrons. The van der Waals surface area contributed by atoms with Gasteiger partial charge in [0, 0.05) is 12.8 Å². The number of carboxylic acid groups (broad SMARTS) is 4. The quantitative estimate of drug-likeness (QED) is 0.0440. The van der Waals surface area contributed by atoms with Crippen LogP contribution in [-0.4, -0.2) is 141 Å². The van der Waals surface area contributed by atoms with Gasteiger partial charge in [-0.25, -0.2) is 4.79 Å². The summed E-state index contributed by atoms with van der Waals surface area (Å²) in [6.45, 7) is 5.06. The Morgan fingerprint density at radius 2 is 1.18 bits per heavy atom. The Hall–Kier alpha value is -4.99. The lowest BCUT2D eigenvalue weighted by molar-refractivity contribution is -0.144. The Bertz CT molecular complexity index is 1410. The van der Waals surface area contributed by atoms with Crippen molar-refractivity contribution in [1.82, 2.24) is 37.2 Å². The molecule has 0 saturated carbocycles. The number of carbonyl (C=O) groups is 10. The summed E-state index contributed by atoms with van der Waals surface area (Å²) in [4.78, 5) is 125. The maximum absolute atomic E-state index is 13.4. The van der Waals surface area contributed by atoms with Crippen molar-refractivity contribution >= 4 is 71.1 Å². The second kappa shape index (κ2) is 24.4. The Balaban J connectivity index is 3.13. The van der Waals surface area contributed by atoms with Crippen molar-refractivity contribution in [3.8, 4) is 0 Å². The van der Waals surface area contributed by atoms with Gasteiger partial charge in [0.1, 0.15) is 36.3 Å². The van der Waals surface area contributed by atoms with Gasteiger partial charge < -0.3 is 57.6 Å². The van der Waals surface area contributed by atoms with E-state index in [4.69, 9.17) is 5.11 Å². The molecule has 1 fully saturated rings. The Kier molecular flexibility index (Phi) is 21.3. The SMILES string of the molecule is CC[C@H](C)[C@H](NC(=O)[C@H](CCC(=O)O)NC(=O)[C@H](C)NC(=O)[C@H](CCSC)NC(=O)[C@H](CC(=O)O)NC(=O)[C@@H]1CCCN1)C(=O)N[C@@H](CCC(=O)O)C(=O)O. The Morgan fingerprint density at radius 1 is 0.655 bits per heavy atom. The zero-order chi connectivity index (χ0) is 41.8. The molecule has 0 aliphatic carbocycles. The van der Waals surface area contributed by atoms with Gasteiger partial charge in [0.25, 0.3) is 0 Å². The number of hydrogen-bond acceptors (Lipinski definition) is 12. The van der Waals surface area contributed by atoms with Crippen molar-refractivity contribution in [3.63, 3.8) is 0 Å². The molecule has 55 heavy (non-hydrogen) atoms. The largest absolute Gasteiger partial charge is 0.481 e. The van der Waals surface area contributed by atoms with Crippen LogP contribution in [0.3, 0.4) is 0 Å². The average Bonchev–Trinajstić information content (AvgIpc) is 3.66. The predicted octanol–water partition coefficient (Wildman–Crippen LogP) is -2.24. The number of thioether (sulfide) groups is 1. The van der Waals surface area contributed by atoms with E-state index in [9.17, 15) is 63.3 Å². The first-order valence-corrected chi connectivity index (χ1v) is 19.1. The van der Waals surface area contributed by atoms with Crippen molar-refractivity contribution in [1.29, 1.82) is 0 Å². The summed E-state index contributed by atoms with van der Waals surface area (Å²) in [5.41, 5.74) is 0. The van der Waals surface area contributed by atoms with Gasteiger partial charge in [0.15, 0.2) is 0 Å². The molecule has 22 heteroatoms. The van der Waals surface area contributed by atoms with E-state index in [-0.39, 0.29) is 6.42 Å². The van der Waals surface area contributed by atoms with Crippen molar-refractivity contribution in [2.24, 2.45) is 5.92 Å². The standard InChI is InChI=1S/C33H53N7O14S/c1-5-16(2)26(32(52)38-21(33(53)54)9-11-24(43)44)40-30(50)19(8-10-23(41)42)36-27(47)17(3)35-29(49)20(12-14-55-4)37-31(51)22(15-25(45)46)39-28(48)18-7-6-13-34-18/h16-22,26,34H,5-15H2,1-4H3,(H,35,49)(H,36,47)(H,37,51)(H,38,52)(H,39,48)(H,40,50)(H,41,42)(H,43,44)(H,45,46)(H,53,54)/t16-,17-,18-,19-,20-,21-,22-,26-/m0/s1. The summed E-state index contributed by atoms with van der Waals surface area (Å²) in [6.07, 6.45) is 0.413. The zero-order valence-corrected chi connectivity index (χ0v) is 32.0. The second-order valence-electron chi connectivity index (χ2n) is 13.1. The topological polar surface area (TPSA) is 336 Å². The fourth-order valence-corrected chi connectivity index (χ4v) is 5.77. The third-order valence-corrected chi connectivity index (χ3v) is 9.36. The average molecular weight is 804 g/mol. The number of aliphatic carboxylic acids is 4. The predicted molar refractivity (Wildman–Crippen MR) is 194 cm³/mol. The lowest BCUT2D eigenvalue weighted by atomic mass is 9.96. The fraction of sp³-hybridized carbons (Fsp3) is 0.697. The molecule has 1 rings (SSSR count). The van der Waals surface area contributed by atoms with Crippen molar-refractivity contribution in [2.75, 3.05) is 18.6 Å². The van der Waals surface area contributed by atoms with Gasteiger partial charge in [-0.15, -0.1) is 0 Å². The van der Waals surface area contributed by atoms with Gasteiger partial charge in [-0.3, -0.25) is 43.2 Å². The number of carboxylic acids is 4. The van der Waals surface area contributed by atoms with E-state index in [1.165, 1.54) is 18.7 Å². The molecule has 0 spiro atoms. The Morgan fingerprint density at radius 3 is 1.69 bits per heavy atom. The highest BCUT2D eigenvalue weighted by molar-refractivity contribution is 7.98. The van der Waals surface area contributed by atoms with Gasteiger partial charge >= 0.3 is 23.9 Å². The van der Waals surface area contributed by atoms with Gasteiger partial charge in [0.05, 0.1) is 12.5 Å². The number of hydrogen-bond donors (Lipinski definition) is 11. The van der Waals surface area contributed by atoms with E-state index in [0.717, 1.165) is 0 Å². The van der Waals surface area contributed by atoms with Crippen LogP contribution in [0.1, 0.15) is 78.6 Å². The summed E-state index contributed by atoms with van der Waals surface area (Å²) >= 11 is 1.33. The summed E-state index contributed by atoms with van der Waals surface area (Å²) in [5, 5.41) is 54.2. The molecule has 0 unspecified atom stereocenters. The van der Waals surface area contributed by atoms with Gasteiger partial charge in [-0.05, 0) is 63.5 Å². The third kappa shape index (κ3) is 17.8. The third-order valence-electron chi connectivity index (χ3n) is 8.72. The van der Waals surface area contributed by atoms with Crippen molar-refractivity contribution in [2.45, 2.75) is 121 Å². The molecule has 21 nitrogen and oxygen atoms in total. The van der Waals surface area contributed by atoms with Crippen LogP contribution in [0.2, 0.25) is 0 Å². The molecule has 8 atom stereocenters. The second-order valence-corrected chi connectivity index (χ2v) is 14.1. The monoisotopic (exact) mass is 803 g/mol. The molecule has 0 bridgehead atoms. The molecule has 1 heterocycles. The van der Waals surface area contributed by atoms with Crippen LogP contribution in [0.4, 0.5) is 0 Å². The van der Waals surface area contributed by atoms with Crippen LogP contribution >= 0.6 is 11.8 Å². The van der Waals surface area contributed by atoms with E-state index in [2.05, 4.69) is 37.2 Å². The molecular formula is C33H53N7O14S. The van der Waals surface area contributed by atoms with Crippen molar-refractivity contribution in [3.05, 3.63) is 0 Å². The molecule has 6 amide bonds. The molecule has 1 aliphatic rings. The van der Waals surface area contributed by atoms with E-state index in [1.54, 1.807) is 20.1 Å². The van der Waals surface area contributed by atoms with E-state index < -0.39 is 140 Å².